The van der Waals surface area contributed by atoms with Gasteiger partial charge < -0.3 is 10.2 Å². The highest BCUT2D eigenvalue weighted by molar-refractivity contribution is 7.91. The zero-order chi connectivity index (χ0) is 18.1. The number of nitrogens with zero attached hydrogens (tertiary/aromatic N) is 1. The van der Waals surface area contributed by atoms with Crippen molar-refractivity contribution in [2.75, 3.05) is 0 Å². The molecule has 1 aromatic heterocycles. The van der Waals surface area contributed by atoms with Gasteiger partial charge in [-0.2, -0.15) is 4.72 Å². The summed E-state index contributed by atoms with van der Waals surface area (Å²) in [6, 6.07) is 15.1. The van der Waals surface area contributed by atoms with E-state index in [0.717, 1.165) is 11.3 Å². The third-order valence-corrected chi connectivity index (χ3v) is 6.36. The number of carboxylic acid groups (broad SMARTS) is 1. The molecule has 0 amide bonds. The van der Waals surface area contributed by atoms with Crippen LogP contribution in [-0.2, 0) is 21.2 Å². The topological polar surface area (TPSA) is 117 Å². The largest absolute Gasteiger partial charge is 0.478 e. The predicted molar refractivity (Wildman–Crippen MR) is 92.7 cm³/mol. The Hall–Kier alpha value is -2.33. The van der Waals surface area contributed by atoms with E-state index >= 15 is 0 Å². The van der Waals surface area contributed by atoms with Crippen LogP contribution in [0.15, 0.2) is 58.9 Å². The first kappa shape index (κ1) is 17.5. The SMILES string of the molecule is O=C(O)[C@](O)(Cc1ccccc1)NS(=O)(=O)c1nc2ccccc2s1. The first-order valence-corrected chi connectivity index (χ1v) is 9.49. The maximum absolute atomic E-state index is 12.5. The molecule has 1 heterocycles. The van der Waals surface area contributed by atoms with E-state index in [-0.39, 0.29) is 4.34 Å². The van der Waals surface area contributed by atoms with E-state index in [0.29, 0.717) is 15.8 Å². The molecule has 130 valence electrons. The number of rotatable bonds is 6. The number of carboxylic acids is 1. The number of carbonyl (C=O) groups is 1. The number of aromatic nitrogens is 1. The average molecular weight is 378 g/mol. The van der Waals surface area contributed by atoms with Gasteiger partial charge in [0.25, 0.3) is 10.0 Å². The van der Waals surface area contributed by atoms with Crippen LogP contribution in [0.25, 0.3) is 10.2 Å². The van der Waals surface area contributed by atoms with Crippen molar-refractivity contribution in [3.05, 3.63) is 60.2 Å². The van der Waals surface area contributed by atoms with Gasteiger partial charge in [0.2, 0.25) is 10.1 Å². The van der Waals surface area contributed by atoms with Gasteiger partial charge in [0.15, 0.2) is 0 Å². The highest BCUT2D eigenvalue weighted by Crippen LogP contribution is 2.26. The zero-order valence-corrected chi connectivity index (χ0v) is 14.4. The third-order valence-electron chi connectivity index (χ3n) is 3.46. The van der Waals surface area contributed by atoms with Crippen LogP contribution in [0.1, 0.15) is 5.56 Å². The molecule has 0 spiro atoms. The third kappa shape index (κ3) is 3.69. The maximum Gasteiger partial charge on any atom is 0.352 e. The summed E-state index contributed by atoms with van der Waals surface area (Å²) < 4.78 is 27.3. The Morgan fingerprint density at radius 3 is 2.40 bits per heavy atom. The minimum absolute atomic E-state index is 0.304. The lowest BCUT2D eigenvalue weighted by atomic mass is 10.0. The Balaban J connectivity index is 1.94. The van der Waals surface area contributed by atoms with Crippen LogP contribution >= 0.6 is 11.3 Å². The van der Waals surface area contributed by atoms with Crippen molar-refractivity contribution < 1.29 is 23.4 Å². The van der Waals surface area contributed by atoms with Crippen molar-refractivity contribution in [1.29, 1.82) is 0 Å². The number of sulfonamides is 1. The van der Waals surface area contributed by atoms with Gasteiger partial charge in [0.1, 0.15) is 0 Å². The lowest BCUT2D eigenvalue weighted by molar-refractivity contribution is -0.159. The molecule has 3 rings (SSSR count). The number of fused-ring (bicyclic) bond motifs is 1. The Morgan fingerprint density at radius 2 is 1.76 bits per heavy atom. The lowest BCUT2D eigenvalue weighted by Gasteiger charge is -2.23. The maximum atomic E-state index is 12.5. The smallest absolute Gasteiger partial charge is 0.352 e. The second-order valence-electron chi connectivity index (χ2n) is 5.38. The summed E-state index contributed by atoms with van der Waals surface area (Å²) in [7, 11) is -4.32. The molecular weight excluding hydrogens is 364 g/mol. The summed E-state index contributed by atoms with van der Waals surface area (Å²) in [4.78, 5) is 15.5. The molecular formula is C16H14N2O5S2. The minimum Gasteiger partial charge on any atom is -0.478 e. The number of hydrogen-bond acceptors (Lipinski definition) is 6. The van der Waals surface area contributed by atoms with Gasteiger partial charge in [-0.1, -0.05) is 42.5 Å². The van der Waals surface area contributed by atoms with Gasteiger partial charge in [-0.15, -0.1) is 11.3 Å². The van der Waals surface area contributed by atoms with Gasteiger partial charge in [-0.25, -0.2) is 18.2 Å². The molecule has 0 aliphatic rings. The fourth-order valence-electron chi connectivity index (χ4n) is 2.28. The Labute approximate surface area is 147 Å². The standard InChI is InChI=1S/C16H14N2O5S2/c19-14(20)16(21,10-11-6-2-1-3-7-11)18-25(22,23)15-17-12-8-4-5-9-13(12)24-15/h1-9,18,21H,10H2,(H,19,20)/t16-/m1/s1. The second-order valence-corrected chi connectivity index (χ2v) is 8.27. The molecule has 0 saturated heterocycles. The van der Waals surface area contributed by atoms with Crippen LogP contribution in [-0.4, -0.2) is 35.3 Å². The molecule has 9 heteroatoms. The molecule has 1 atom stereocenters. The lowest BCUT2D eigenvalue weighted by Crippen LogP contribution is -2.56. The molecule has 3 aromatic rings. The molecule has 0 saturated carbocycles. The Kier molecular flexibility index (Phi) is 4.56. The van der Waals surface area contributed by atoms with E-state index in [9.17, 15) is 23.4 Å². The first-order chi connectivity index (χ1) is 11.8. The van der Waals surface area contributed by atoms with Gasteiger partial charge in [-0.05, 0) is 17.7 Å². The van der Waals surface area contributed by atoms with Crippen LogP contribution in [0, 0.1) is 0 Å². The highest BCUT2D eigenvalue weighted by atomic mass is 32.2. The van der Waals surface area contributed by atoms with Gasteiger partial charge in [0, 0.05) is 6.42 Å². The summed E-state index contributed by atoms with van der Waals surface area (Å²) in [6.45, 7) is 0. The minimum atomic E-state index is -4.32. The molecule has 7 nitrogen and oxygen atoms in total. The summed E-state index contributed by atoms with van der Waals surface area (Å²) >= 11 is 0.897. The fourth-order valence-corrected chi connectivity index (χ4v) is 4.72. The summed E-state index contributed by atoms with van der Waals surface area (Å²) in [5.41, 5.74) is -1.73. The van der Waals surface area contributed by atoms with Crippen LogP contribution in [0.3, 0.4) is 0 Å². The van der Waals surface area contributed by atoms with E-state index in [1.165, 1.54) is 0 Å². The second kappa shape index (κ2) is 6.52. The molecule has 2 aromatic carbocycles. The van der Waals surface area contributed by atoms with E-state index in [2.05, 4.69) is 4.98 Å². The van der Waals surface area contributed by atoms with Crippen molar-refractivity contribution in [3.8, 4) is 0 Å². The predicted octanol–water partition coefficient (Wildman–Crippen LogP) is 1.59. The molecule has 0 unspecified atom stereocenters. The van der Waals surface area contributed by atoms with Gasteiger partial charge in [0.05, 0.1) is 10.2 Å². The normalized spacial score (nSPS) is 14.3. The summed E-state index contributed by atoms with van der Waals surface area (Å²) in [5.74, 6) is -1.69. The van der Waals surface area contributed by atoms with E-state index in [1.807, 2.05) is 4.72 Å². The molecule has 3 N–H and O–H groups in total. The molecule has 0 fully saturated rings. The van der Waals surface area contributed by atoms with E-state index in [4.69, 9.17) is 0 Å². The number of hydrogen-bond donors (Lipinski definition) is 3. The van der Waals surface area contributed by atoms with Gasteiger partial charge >= 0.3 is 5.97 Å². The van der Waals surface area contributed by atoms with Crippen LogP contribution in [0.5, 0.6) is 0 Å². The average Bonchev–Trinajstić information content (AvgIpc) is 3.00. The van der Waals surface area contributed by atoms with Crippen molar-refractivity contribution in [2.45, 2.75) is 16.5 Å². The van der Waals surface area contributed by atoms with Crippen molar-refractivity contribution in [2.24, 2.45) is 0 Å². The number of benzene rings is 2. The van der Waals surface area contributed by atoms with Gasteiger partial charge in [-0.3, -0.25) is 0 Å². The van der Waals surface area contributed by atoms with Crippen molar-refractivity contribution in [1.82, 2.24) is 9.71 Å². The Bertz CT molecular complexity index is 984. The number of aliphatic carboxylic acids is 1. The first-order valence-electron chi connectivity index (χ1n) is 7.19. The van der Waals surface area contributed by atoms with Crippen molar-refractivity contribution >= 4 is 37.5 Å². The number of para-hydroxylation sites is 1. The monoisotopic (exact) mass is 378 g/mol. The zero-order valence-electron chi connectivity index (χ0n) is 12.8. The van der Waals surface area contributed by atoms with Crippen LogP contribution in [0.2, 0.25) is 0 Å². The van der Waals surface area contributed by atoms with Crippen LogP contribution in [0.4, 0.5) is 0 Å². The molecule has 0 aliphatic heterocycles. The molecule has 0 aliphatic carbocycles. The molecule has 0 bridgehead atoms. The highest BCUT2D eigenvalue weighted by Gasteiger charge is 2.41. The molecule has 0 radical (unpaired) electrons. The number of thiazole rings is 1. The Morgan fingerprint density at radius 1 is 1.12 bits per heavy atom. The molecule has 25 heavy (non-hydrogen) atoms. The van der Waals surface area contributed by atoms with Crippen LogP contribution < -0.4 is 4.72 Å². The summed E-state index contributed by atoms with van der Waals surface area (Å²) in [5, 5.41) is 19.8. The number of aliphatic hydroxyl groups is 1. The fraction of sp³-hybridized carbons (Fsp3) is 0.125. The van der Waals surface area contributed by atoms with E-state index in [1.54, 1.807) is 54.6 Å². The quantitative estimate of drug-likeness (QED) is 0.561. The van der Waals surface area contributed by atoms with Crippen molar-refractivity contribution in [3.63, 3.8) is 0 Å². The van der Waals surface area contributed by atoms with E-state index < -0.39 is 28.1 Å². The number of nitrogens with one attached hydrogen (secondary N) is 1. The summed E-state index contributed by atoms with van der Waals surface area (Å²) in [6.07, 6.45) is -0.423.